The third kappa shape index (κ3) is 1.04. The number of rotatable bonds is 0. The molecule has 0 atom stereocenters. The highest BCUT2D eigenvalue weighted by Crippen LogP contribution is 2.03. The van der Waals surface area contributed by atoms with Crippen molar-refractivity contribution in [3.63, 3.8) is 0 Å². The van der Waals surface area contributed by atoms with Gasteiger partial charge in [0.15, 0.2) is 0 Å². The van der Waals surface area contributed by atoms with Crippen molar-refractivity contribution in [1.29, 1.82) is 5.26 Å². The number of hydrogen-bond acceptors (Lipinski definition) is 3. The molecular weight excluding hydrogens is 148 g/mol. The Balaban J connectivity index is 3.46. The van der Waals surface area contributed by atoms with Crippen LogP contribution in [0.4, 0.5) is 0 Å². The lowest BCUT2D eigenvalue weighted by molar-refractivity contribution is 1.13. The van der Waals surface area contributed by atoms with Gasteiger partial charge in [-0.15, -0.1) is 12.6 Å². The van der Waals surface area contributed by atoms with Crippen molar-refractivity contribution in [2.45, 2.75) is 4.90 Å². The van der Waals surface area contributed by atoms with E-state index >= 15 is 0 Å². The zero-order chi connectivity index (χ0) is 7.56. The molecule has 1 rings (SSSR count). The van der Waals surface area contributed by atoms with Crippen LogP contribution in [0, 0.1) is 11.3 Å². The number of pyridine rings is 1. The number of nitrogens with zero attached hydrogens (tertiary/aromatic N) is 1. The molecule has 0 aromatic carbocycles. The van der Waals surface area contributed by atoms with Gasteiger partial charge in [0, 0.05) is 6.20 Å². The Morgan fingerprint density at radius 3 is 2.90 bits per heavy atom. The smallest absolute Gasteiger partial charge is 0.262 e. The summed E-state index contributed by atoms with van der Waals surface area (Å²) in [6.07, 6.45) is 1.42. The van der Waals surface area contributed by atoms with Crippen molar-refractivity contribution in [3.8, 4) is 6.07 Å². The molecule has 0 aliphatic carbocycles. The van der Waals surface area contributed by atoms with Crippen LogP contribution in [0.2, 0.25) is 0 Å². The van der Waals surface area contributed by atoms with Crippen LogP contribution in [0.1, 0.15) is 5.56 Å². The summed E-state index contributed by atoms with van der Waals surface area (Å²) in [5, 5.41) is 8.39. The highest BCUT2D eigenvalue weighted by Gasteiger charge is 1.98. The summed E-state index contributed by atoms with van der Waals surface area (Å²) < 4.78 is 0. The van der Waals surface area contributed by atoms with E-state index < -0.39 is 0 Å². The molecule has 0 saturated carbocycles. The Hall–Kier alpha value is -1.21. The minimum Gasteiger partial charge on any atom is -0.328 e. The van der Waals surface area contributed by atoms with E-state index in [2.05, 4.69) is 17.6 Å². The standard InChI is InChI=1S/C6H4N2OS/c7-3-4-1-2-8-6(9)5(4)10/h1-2,10H,(H,8,9). The molecule has 0 saturated heterocycles. The summed E-state index contributed by atoms with van der Waals surface area (Å²) in [4.78, 5) is 13.3. The zero-order valence-electron chi connectivity index (χ0n) is 4.96. The summed E-state index contributed by atoms with van der Waals surface area (Å²) in [5.74, 6) is 0. The van der Waals surface area contributed by atoms with Crippen LogP contribution < -0.4 is 5.56 Å². The number of H-pyrrole nitrogens is 1. The second kappa shape index (κ2) is 2.58. The van der Waals surface area contributed by atoms with Gasteiger partial charge in [-0.05, 0) is 6.07 Å². The first-order chi connectivity index (χ1) is 4.75. The zero-order valence-corrected chi connectivity index (χ0v) is 5.85. The Labute approximate surface area is 62.7 Å². The van der Waals surface area contributed by atoms with Gasteiger partial charge in [-0.25, -0.2) is 0 Å². The summed E-state index contributed by atoms with van der Waals surface area (Å²) >= 11 is 3.83. The molecule has 0 spiro atoms. The fourth-order valence-electron chi connectivity index (χ4n) is 0.561. The molecule has 1 N–H and O–H groups in total. The lowest BCUT2D eigenvalue weighted by Crippen LogP contribution is -2.06. The van der Waals surface area contributed by atoms with Gasteiger partial charge in [0.05, 0.1) is 10.5 Å². The first kappa shape index (κ1) is 6.90. The van der Waals surface area contributed by atoms with E-state index in [-0.39, 0.29) is 10.5 Å². The molecule has 0 fully saturated rings. The van der Waals surface area contributed by atoms with Crippen LogP contribution in [-0.4, -0.2) is 4.98 Å². The number of aromatic nitrogens is 1. The van der Waals surface area contributed by atoms with E-state index in [0.29, 0.717) is 5.56 Å². The second-order valence-corrected chi connectivity index (χ2v) is 2.13. The van der Waals surface area contributed by atoms with Gasteiger partial charge in [-0.1, -0.05) is 0 Å². The van der Waals surface area contributed by atoms with Crippen molar-refractivity contribution in [1.82, 2.24) is 4.98 Å². The molecule has 0 radical (unpaired) electrons. The Morgan fingerprint density at radius 2 is 2.40 bits per heavy atom. The molecule has 4 heteroatoms. The monoisotopic (exact) mass is 152 g/mol. The Kier molecular flexibility index (Phi) is 1.78. The summed E-state index contributed by atoms with van der Waals surface area (Å²) in [6, 6.07) is 3.34. The van der Waals surface area contributed by atoms with Gasteiger partial charge in [-0.2, -0.15) is 5.26 Å². The van der Waals surface area contributed by atoms with Crippen molar-refractivity contribution in [3.05, 3.63) is 28.2 Å². The predicted octanol–water partition coefficient (Wildman–Crippen LogP) is 0.535. The molecule has 0 aliphatic rings. The molecule has 50 valence electrons. The van der Waals surface area contributed by atoms with Gasteiger partial charge in [-0.3, -0.25) is 4.79 Å². The van der Waals surface area contributed by atoms with Gasteiger partial charge in [0.25, 0.3) is 5.56 Å². The van der Waals surface area contributed by atoms with Crippen molar-refractivity contribution in [2.75, 3.05) is 0 Å². The van der Waals surface area contributed by atoms with Crippen LogP contribution >= 0.6 is 12.6 Å². The lowest BCUT2D eigenvalue weighted by Gasteiger charge is -1.89. The summed E-state index contributed by atoms with van der Waals surface area (Å²) in [5.41, 5.74) is -0.0329. The van der Waals surface area contributed by atoms with E-state index in [1.807, 2.05) is 6.07 Å². The van der Waals surface area contributed by atoms with E-state index in [4.69, 9.17) is 5.26 Å². The SMILES string of the molecule is N#Cc1cc[nH]c(=O)c1S. The van der Waals surface area contributed by atoms with Crippen molar-refractivity contribution < 1.29 is 0 Å². The molecule has 1 aromatic rings. The Morgan fingerprint density at radius 1 is 1.70 bits per heavy atom. The van der Waals surface area contributed by atoms with Gasteiger partial charge < -0.3 is 4.98 Å². The molecule has 0 bridgehead atoms. The average molecular weight is 152 g/mol. The molecule has 1 heterocycles. The maximum Gasteiger partial charge on any atom is 0.262 e. The maximum absolute atomic E-state index is 10.7. The molecule has 0 unspecified atom stereocenters. The number of aromatic amines is 1. The molecule has 0 amide bonds. The van der Waals surface area contributed by atoms with Crippen LogP contribution in [0.25, 0.3) is 0 Å². The third-order valence-corrected chi connectivity index (χ3v) is 1.50. The second-order valence-electron chi connectivity index (χ2n) is 1.68. The summed E-state index contributed by atoms with van der Waals surface area (Å²) in [6.45, 7) is 0. The van der Waals surface area contributed by atoms with Crippen LogP contribution in [0.3, 0.4) is 0 Å². The van der Waals surface area contributed by atoms with E-state index in [1.54, 1.807) is 0 Å². The minimum atomic E-state index is -0.331. The first-order valence-electron chi connectivity index (χ1n) is 2.56. The van der Waals surface area contributed by atoms with Gasteiger partial charge in [0.2, 0.25) is 0 Å². The molecule has 0 aliphatic heterocycles. The molecule has 10 heavy (non-hydrogen) atoms. The fraction of sp³-hybridized carbons (Fsp3) is 0. The molecule has 3 nitrogen and oxygen atoms in total. The first-order valence-corrected chi connectivity index (χ1v) is 3.01. The molecule has 1 aromatic heterocycles. The van der Waals surface area contributed by atoms with Crippen LogP contribution in [0.15, 0.2) is 22.0 Å². The average Bonchev–Trinajstić information content (AvgIpc) is 1.95. The normalized spacial score (nSPS) is 8.80. The van der Waals surface area contributed by atoms with E-state index in [0.717, 1.165) is 0 Å². The largest absolute Gasteiger partial charge is 0.328 e. The highest BCUT2D eigenvalue weighted by atomic mass is 32.1. The Bertz CT molecular complexity index is 336. The quantitative estimate of drug-likeness (QED) is 0.533. The minimum absolute atomic E-state index is 0.171. The lowest BCUT2D eigenvalue weighted by atomic mass is 10.3. The predicted molar refractivity (Wildman–Crippen MR) is 39.0 cm³/mol. The van der Waals surface area contributed by atoms with Crippen molar-refractivity contribution in [2.24, 2.45) is 0 Å². The van der Waals surface area contributed by atoms with E-state index in [1.165, 1.54) is 12.3 Å². The van der Waals surface area contributed by atoms with Crippen LogP contribution in [-0.2, 0) is 0 Å². The van der Waals surface area contributed by atoms with Crippen molar-refractivity contribution >= 4 is 12.6 Å². The highest BCUT2D eigenvalue weighted by molar-refractivity contribution is 7.80. The number of nitrogens with one attached hydrogen (secondary N) is 1. The fourth-order valence-corrected chi connectivity index (χ4v) is 0.750. The third-order valence-electron chi connectivity index (χ3n) is 1.06. The number of hydrogen-bond donors (Lipinski definition) is 2. The summed E-state index contributed by atoms with van der Waals surface area (Å²) in [7, 11) is 0. The van der Waals surface area contributed by atoms with E-state index in [9.17, 15) is 4.79 Å². The number of thiol groups is 1. The number of nitriles is 1. The van der Waals surface area contributed by atoms with Crippen LogP contribution in [0.5, 0.6) is 0 Å². The maximum atomic E-state index is 10.7. The van der Waals surface area contributed by atoms with Gasteiger partial charge in [0.1, 0.15) is 6.07 Å². The topological polar surface area (TPSA) is 56.6 Å². The van der Waals surface area contributed by atoms with Gasteiger partial charge >= 0.3 is 0 Å². The molecular formula is C6H4N2OS.